The molecule has 0 atom stereocenters. The normalized spacial score (nSPS) is 15.1. The maximum Gasteiger partial charge on any atom is 0.266 e. The van der Waals surface area contributed by atoms with Gasteiger partial charge in [0.2, 0.25) is 11.8 Å². The number of likely N-dealkylation sites (N-methyl/N-ethyl adjacent to an activating group) is 1. The van der Waals surface area contributed by atoms with E-state index in [1.807, 2.05) is 30.1 Å². The van der Waals surface area contributed by atoms with E-state index in [-0.39, 0.29) is 5.95 Å². The monoisotopic (exact) mass is 563 g/mol. The molecular formula is C24H24B7N9O3. The smallest absolute Gasteiger partial charge is 0.266 e. The molecular weight excluding hydrogens is 538 g/mol. The molecule has 1 saturated heterocycles. The van der Waals surface area contributed by atoms with Crippen LogP contribution in [0.3, 0.4) is 0 Å². The summed E-state index contributed by atoms with van der Waals surface area (Å²) >= 11 is 0. The standard InChI is InChI=1S/C24H24B7N9O3/c1-37(17-14-18-34-19(20-33-6-13-41-20)36-40(18)21(32)35-17)7-8-38-9-11-39(12-10-38)15-2-4-16(5-3-15)42-22(25,26)23(27,28)43-24(29,30)31/h2-6,13-14H,7-12H2,1H3,(H2,32,35). The van der Waals surface area contributed by atoms with Crippen LogP contribution >= 0.6 is 0 Å². The first-order valence-electron chi connectivity index (χ1n) is 13.3. The predicted molar refractivity (Wildman–Crippen MR) is 169 cm³/mol. The summed E-state index contributed by atoms with van der Waals surface area (Å²) in [7, 11) is 41.7. The third-order valence-corrected chi connectivity index (χ3v) is 6.92. The second-order valence-corrected chi connectivity index (χ2v) is 10.4. The molecule has 12 nitrogen and oxygen atoms in total. The van der Waals surface area contributed by atoms with E-state index in [1.54, 1.807) is 12.1 Å². The Morgan fingerprint density at radius 3 is 2.30 bits per heavy atom. The minimum absolute atomic E-state index is 0.223. The maximum atomic E-state index is 6.16. The lowest BCUT2D eigenvalue weighted by molar-refractivity contribution is 0.00241. The van der Waals surface area contributed by atoms with Gasteiger partial charge in [-0.15, -0.1) is 5.10 Å². The number of aromatic nitrogens is 5. The van der Waals surface area contributed by atoms with Gasteiger partial charge in [-0.3, -0.25) is 4.90 Å². The lowest BCUT2D eigenvalue weighted by atomic mass is 9.40. The molecule has 43 heavy (non-hydrogen) atoms. The van der Waals surface area contributed by atoms with Crippen molar-refractivity contribution < 1.29 is 13.9 Å². The van der Waals surface area contributed by atoms with Crippen molar-refractivity contribution >= 4 is 78.0 Å². The molecule has 0 amide bonds. The summed E-state index contributed by atoms with van der Waals surface area (Å²) in [5.74, 6) is 1.88. The Morgan fingerprint density at radius 2 is 1.67 bits per heavy atom. The van der Waals surface area contributed by atoms with E-state index in [0.29, 0.717) is 28.9 Å². The molecule has 1 aliphatic heterocycles. The number of hydrogen-bond donors (Lipinski definition) is 1. The number of ether oxygens (including phenoxy) is 2. The second kappa shape index (κ2) is 11.9. The van der Waals surface area contributed by atoms with Gasteiger partial charge in [0, 0.05) is 68.9 Å². The zero-order valence-corrected chi connectivity index (χ0v) is 23.7. The average molecular weight is 562 g/mol. The van der Waals surface area contributed by atoms with Gasteiger partial charge in [-0.25, -0.2) is 9.97 Å². The first kappa shape index (κ1) is 31.0. The lowest BCUT2D eigenvalue weighted by Gasteiger charge is -2.48. The number of nitrogen functional groups attached to an aromatic ring is 1. The van der Waals surface area contributed by atoms with Gasteiger partial charge in [-0.2, -0.15) is 9.50 Å². The van der Waals surface area contributed by atoms with Crippen molar-refractivity contribution in [1.29, 1.82) is 0 Å². The molecule has 0 saturated carbocycles. The summed E-state index contributed by atoms with van der Waals surface area (Å²) in [4.78, 5) is 19.7. The zero-order chi connectivity index (χ0) is 31.0. The van der Waals surface area contributed by atoms with E-state index >= 15 is 0 Å². The summed E-state index contributed by atoms with van der Waals surface area (Å²) in [6.45, 7) is 4.98. The third-order valence-electron chi connectivity index (χ3n) is 6.92. The van der Waals surface area contributed by atoms with E-state index < -0.39 is 16.1 Å². The molecule has 1 aromatic carbocycles. The minimum Gasteiger partial charge on any atom is -0.506 e. The molecule has 4 heterocycles. The summed E-state index contributed by atoms with van der Waals surface area (Å²) in [5, 5.41) is -2.32. The summed E-state index contributed by atoms with van der Waals surface area (Å²) in [5.41, 5.74) is 7.71. The van der Waals surface area contributed by atoms with Crippen molar-refractivity contribution in [2.45, 2.75) is 16.1 Å². The van der Waals surface area contributed by atoms with Crippen molar-refractivity contribution in [3.8, 4) is 17.5 Å². The number of oxazole rings is 1. The van der Waals surface area contributed by atoms with Gasteiger partial charge in [0.25, 0.3) is 5.89 Å². The molecule has 5 rings (SSSR count). The molecule has 3 aromatic heterocycles. The number of piperazine rings is 1. The van der Waals surface area contributed by atoms with E-state index in [4.69, 9.17) is 74.5 Å². The molecule has 14 radical (unpaired) electrons. The van der Waals surface area contributed by atoms with Crippen LogP contribution in [0.25, 0.3) is 17.4 Å². The van der Waals surface area contributed by atoms with Crippen LogP contribution in [-0.4, -0.2) is 147 Å². The molecule has 4 aromatic rings. The first-order valence-corrected chi connectivity index (χ1v) is 13.3. The molecule has 0 unspecified atom stereocenters. The van der Waals surface area contributed by atoms with Crippen LogP contribution in [0.1, 0.15) is 0 Å². The van der Waals surface area contributed by atoms with E-state index in [9.17, 15) is 0 Å². The number of nitrogens with two attached hydrogens (primary N) is 1. The van der Waals surface area contributed by atoms with E-state index in [2.05, 4.69) is 29.9 Å². The zero-order valence-electron chi connectivity index (χ0n) is 23.7. The SMILES string of the molecule is [B]C([B])([B])OC([B])([B])C([B])([B])Oc1ccc(N2CCN(CCN(C)c3cc4nc(-c5ncco5)nn4c(N)n3)CC2)cc1. The number of hydrogen-bond acceptors (Lipinski definition) is 11. The Bertz CT molecular complexity index is 1520. The second-order valence-electron chi connectivity index (χ2n) is 10.4. The van der Waals surface area contributed by atoms with Gasteiger partial charge in [0.1, 0.15) is 49.2 Å². The summed E-state index contributed by atoms with van der Waals surface area (Å²) in [6.07, 6.45) is 2.99. The van der Waals surface area contributed by atoms with Crippen LogP contribution in [0.5, 0.6) is 5.75 Å². The number of benzene rings is 1. The largest absolute Gasteiger partial charge is 0.506 e. The number of rotatable bonds is 11. The van der Waals surface area contributed by atoms with E-state index in [1.165, 1.54) is 17.0 Å². The third kappa shape index (κ3) is 7.21. The molecule has 19 heteroatoms. The Labute approximate surface area is 259 Å². The fourth-order valence-corrected chi connectivity index (χ4v) is 4.53. The van der Waals surface area contributed by atoms with Gasteiger partial charge >= 0.3 is 0 Å². The fraction of sp³-hybridized carbons (Fsp3) is 0.417. The van der Waals surface area contributed by atoms with Crippen LogP contribution in [-0.2, 0) is 4.74 Å². The maximum absolute atomic E-state index is 6.16. The number of anilines is 3. The highest BCUT2D eigenvalue weighted by molar-refractivity contribution is 6.59. The molecule has 0 aliphatic carbocycles. The van der Waals surface area contributed by atoms with Gasteiger partial charge in [0.15, 0.2) is 5.65 Å². The van der Waals surface area contributed by atoms with Crippen LogP contribution in [0, 0.1) is 0 Å². The topological polar surface area (TPSA) is 123 Å². The Hall–Kier alpha value is -3.45. The van der Waals surface area contributed by atoms with Crippen LogP contribution in [0.4, 0.5) is 17.5 Å². The van der Waals surface area contributed by atoms with Gasteiger partial charge in [-0.1, -0.05) is 0 Å². The highest BCUT2D eigenvalue weighted by Gasteiger charge is 2.40. The molecule has 1 aliphatic rings. The summed E-state index contributed by atoms with van der Waals surface area (Å²) in [6, 6.07) is 8.99. The molecule has 0 spiro atoms. The molecule has 1 fully saturated rings. The van der Waals surface area contributed by atoms with Crippen molar-refractivity contribution in [3.05, 3.63) is 42.8 Å². The molecule has 2 N–H and O–H groups in total. The van der Waals surface area contributed by atoms with Crippen LogP contribution in [0.2, 0.25) is 0 Å². The van der Waals surface area contributed by atoms with Crippen LogP contribution < -0.4 is 20.3 Å². The lowest BCUT2D eigenvalue weighted by Crippen LogP contribution is -2.65. The van der Waals surface area contributed by atoms with Crippen molar-refractivity contribution in [1.82, 2.24) is 29.5 Å². The number of fused-ring (bicyclic) bond motifs is 1. The van der Waals surface area contributed by atoms with Crippen molar-refractivity contribution in [2.24, 2.45) is 0 Å². The average Bonchev–Trinajstić information content (AvgIpc) is 3.61. The Morgan fingerprint density at radius 1 is 0.977 bits per heavy atom. The van der Waals surface area contributed by atoms with Crippen molar-refractivity contribution in [2.75, 3.05) is 61.8 Å². The Kier molecular flexibility index (Phi) is 8.59. The fourth-order valence-electron chi connectivity index (χ4n) is 4.53. The summed E-state index contributed by atoms with van der Waals surface area (Å²) < 4.78 is 17.3. The van der Waals surface area contributed by atoms with Crippen LogP contribution in [0.15, 0.2) is 47.2 Å². The van der Waals surface area contributed by atoms with Gasteiger partial charge < -0.3 is 29.4 Å². The highest BCUT2D eigenvalue weighted by atomic mass is 16.6. The van der Waals surface area contributed by atoms with Gasteiger partial charge in [0.05, 0.1) is 29.7 Å². The van der Waals surface area contributed by atoms with Crippen molar-refractivity contribution in [3.63, 3.8) is 0 Å². The first-order chi connectivity index (χ1) is 20.2. The highest BCUT2D eigenvalue weighted by Crippen LogP contribution is 2.27. The minimum atomic E-state index is -2.29. The van der Waals surface area contributed by atoms with E-state index in [0.717, 1.165) is 45.0 Å². The Balaban J connectivity index is 1.12. The quantitative estimate of drug-likeness (QED) is 0.207. The molecule has 0 bridgehead atoms. The molecule has 204 valence electrons. The number of nitrogens with zero attached hydrogens (tertiary/aromatic N) is 8. The van der Waals surface area contributed by atoms with Gasteiger partial charge in [-0.05, 0) is 29.6 Å². The predicted octanol–water partition coefficient (Wildman–Crippen LogP) is -1.89.